The maximum atomic E-state index is 11.3. The van der Waals surface area contributed by atoms with Crippen molar-refractivity contribution in [3.05, 3.63) is 0 Å². The van der Waals surface area contributed by atoms with Gasteiger partial charge in [0.1, 0.15) is 12.1 Å². The van der Waals surface area contributed by atoms with Crippen molar-refractivity contribution in [1.82, 2.24) is 9.80 Å². The Kier molecular flexibility index (Phi) is 4.89. The first-order valence-corrected chi connectivity index (χ1v) is 5.89. The van der Waals surface area contributed by atoms with Gasteiger partial charge >= 0.3 is 11.9 Å². The fourth-order valence-electron chi connectivity index (χ4n) is 2.23. The SMILES string of the molecule is CCCCN1CCN(C)C(C(=O)O)C1C(=O)O. The predicted octanol–water partition coefficient (Wildman–Crippen LogP) is -0.0597. The summed E-state index contributed by atoms with van der Waals surface area (Å²) in [6.07, 6.45) is 1.86. The van der Waals surface area contributed by atoms with Crippen molar-refractivity contribution in [1.29, 1.82) is 0 Å². The first-order chi connectivity index (χ1) is 7.99. The Labute approximate surface area is 101 Å². The zero-order valence-corrected chi connectivity index (χ0v) is 10.3. The Hall–Kier alpha value is -1.14. The molecule has 0 aromatic carbocycles. The molecule has 1 aliphatic rings. The molecule has 2 unspecified atom stereocenters. The summed E-state index contributed by atoms with van der Waals surface area (Å²) in [6, 6.07) is -1.91. The van der Waals surface area contributed by atoms with Gasteiger partial charge in [0.2, 0.25) is 0 Å². The number of nitrogens with zero attached hydrogens (tertiary/aromatic N) is 2. The Morgan fingerprint density at radius 3 is 2.24 bits per heavy atom. The van der Waals surface area contributed by atoms with Crippen LogP contribution in [0.2, 0.25) is 0 Å². The van der Waals surface area contributed by atoms with Gasteiger partial charge in [-0.2, -0.15) is 0 Å². The molecule has 6 nitrogen and oxygen atoms in total. The van der Waals surface area contributed by atoms with Gasteiger partial charge < -0.3 is 10.2 Å². The van der Waals surface area contributed by atoms with Crippen molar-refractivity contribution in [2.45, 2.75) is 31.8 Å². The van der Waals surface area contributed by atoms with E-state index in [0.717, 1.165) is 12.8 Å². The zero-order chi connectivity index (χ0) is 13.0. The van der Waals surface area contributed by atoms with Gasteiger partial charge in [0, 0.05) is 13.1 Å². The van der Waals surface area contributed by atoms with Gasteiger partial charge in [-0.15, -0.1) is 0 Å². The fourth-order valence-corrected chi connectivity index (χ4v) is 2.23. The molecule has 0 spiro atoms. The maximum Gasteiger partial charge on any atom is 0.323 e. The van der Waals surface area contributed by atoms with Crippen LogP contribution in [0.3, 0.4) is 0 Å². The molecule has 1 heterocycles. The molecule has 98 valence electrons. The average Bonchev–Trinajstić information content (AvgIpc) is 2.26. The lowest BCUT2D eigenvalue weighted by atomic mass is 10.0. The molecule has 0 aromatic rings. The molecule has 0 aromatic heterocycles. The van der Waals surface area contributed by atoms with Gasteiger partial charge in [-0.3, -0.25) is 19.4 Å². The van der Waals surface area contributed by atoms with Crippen LogP contribution in [-0.2, 0) is 9.59 Å². The standard InChI is InChI=1S/C11H20N2O4/c1-3-4-5-13-7-6-12(2)8(10(14)15)9(13)11(16)17/h8-9H,3-7H2,1-2H3,(H,14,15)(H,16,17). The number of hydrogen-bond donors (Lipinski definition) is 2. The molecule has 1 fully saturated rings. The average molecular weight is 244 g/mol. The molecule has 1 aliphatic heterocycles. The minimum atomic E-state index is -1.07. The van der Waals surface area contributed by atoms with E-state index in [4.69, 9.17) is 5.11 Å². The molecular weight excluding hydrogens is 224 g/mol. The van der Waals surface area contributed by atoms with E-state index in [1.807, 2.05) is 6.92 Å². The van der Waals surface area contributed by atoms with Crippen molar-refractivity contribution >= 4 is 11.9 Å². The molecule has 0 amide bonds. The third kappa shape index (κ3) is 3.17. The molecule has 0 aliphatic carbocycles. The molecule has 2 N–H and O–H groups in total. The summed E-state index contributed by atoms with van der Waals surface area (Å²) in [5.74, 6) is -2.12. The van der Waals surface area contributed by atoms with Crippen molar-refractivity contribution < 1.29 is 19.8 Å². The second-order valence-corrected chi connectivity index (χ2v) is 4.44. The lowest BCUT2D eigenvalue weighted by Crippen LogP contribution is -2.64. The minimum Gasteiger partial charge on any atom is -0.480 e. The van der Waals surface area contributed by atoms with E-state index in [9.17, 15) is 14.7 Å². The van der Waals surface area contributed by atoms with E-state index in [-0.39, 0.29) is 0 Å². The number of rotatable bonds is 5. The molecule has 0 bridgehead atoms. The van der Waals surface area contributed by atoms with Crippen molar-refractivity contribution in [2.24, 2.45) is 0 Å². The number of piperazine rings is 1. The Morgan fingerprint density at radius 1 is 1.18 bits per heavy atom. The predicted molar refractivity (Wildman–Crippen MR) is 62.0 cm³/mol. The number of carboxylic acids is 2. The molecule has 0 radical (unpaired) electrons. The second kappa shape index (κ2) is 5.97. The van der Waals surface area contributed by atoms with E-state index in [2.05, 4.69) is 0 Å². The first kappa shape index (κ1) is 13.9. The molecule has 1 rings (SSSR count). The number of carboxylic acid groups (broad SMARTS) is 2. The van der Waals surface area contributed by atoms with Gasteiger partial charge in [-0.05, 0) is 20.0 Å². The lowest BCUT2D eigenvalue weighted by molar-refractivity contribution is -0.160. The van der Waals surface area contributed by atoms with Crippen molar-refractivity contribution in [3.63, 3.8) is 0 Å². The first-order valence-electron chi connectivity index (χ1n) is 5.89. The summed E-state index contributed by atoms with van der Waals surface area (Å²) in [6.45, 7) is 3.87. The van der Waals surface area contributed by atoms with Crippen LogP contribution in [0.15, 0.2) is 0 Å². The van der Waals surface area contributed by atoms with E-state index in [1.54, 1.807) is 16.8 Å². The fraction of sp³-hybridized carbons (Fsp3) is 0.818. The Morgan fingerprint density at radius 2 is 1.76 bits per heavy atom. The monoisotopic (exact) mass is 244 g/mol. The number of aliphatic carboxylic acids is 2. The summed E-state index contributed by atoms with van der Waals surface area (Å²) in [5, 5.41) is 18.4. The van der Waals surface area contributed by atoms with Crippen molar-refractivity contribution in [3.8, 4) is 0 Å². The Balaban J connectivity index is 2.85. The molecule has 17 heavy (non-hydrogen) atoms. The molecular formula is C11H20N2O4. The molecule has 6 heteroatoms. The molecule has 2 atom stereocenters. The number of carbonyl (C=O) groups is 2. The molecule has 0 saturated carbocycles. The van der Waals surface area contributed by atoms with Crippen LogP contribution in [0, 0.1) is 0 Å². The van der Waals surface area contributed by atoms with Crippen molar-refractivity contribution in [2.75, 3.05) is 26.7 Å². The highest BCUT2D eigenvalue weighted by Gasteiger charge is 2.43. The van der Waals surface area contributed by atoms with Crippen LogP contribution in [0.5, 0.6) is 0 Å². The van der Waals surface area contributed by atoms with Crippen LogP contribution < -0.4 is 0 Å². The van der Waals surface area contributed by atoms with E-state index >= 15 is 0 Å². The van der Waals surface area contributed by atoms with E-state index in [0.29, 0.717) is 19.6 Å². The zero-order valence-electron chi connectivity index (χ0n) is 10.3. The van der Waals surface area contributed by atoms with Crippen LogP contribution in [-0.4, -0.2) is 70.7 Å². The lowest BCUT2D eigenvalue weighted by Gasteiger charge is -2.42. The topological polar surface area (TPSA) is 81.1 Å². The highest BCUT2D eigenvalue weighted by molar-refractivity contribution is 5.85. The summed E-state index contributed by atoms with van der Waals surface area (Å²) >= 11 is 0. The number of hydrogen-bond acceptors (Lipinski definition) is 4. The van der Waals surface area contributed by atoms with E-state index < -0.39 is 24.0 Å². The van der Waals surface area contributed by atoms with Crippen LogP contribution >= 0.6 is 0 Å². The number of unbranched alkanes of at least 4 members (excludes halogenated alkanes) is 1. The van der Waals surface area contributed by atoms with Crippen LogP contribution in [0.4, 0.5) is 0 Å². The largest absolute Gasteiger partial charge is 0.480 e. The van der Waals surface area contributed by atoms with Gasteiger partial charge in [0.25, 0.3) is 0 Å². The number of likely N-dealkylation sites (N-methyl/N-ethyl adjacent to an activating group) is 1. The highest BCUT2D eigenvalue weighted by Crippen LogP contribution is 2.17. The minimum absolute atomic E-state index is 0.588. The second-order valence-electron chi connectivity index (χ2n) is 4.44. The molecule has 1 saturated heterocycles. The maximum absolute atomic E-state index is 11.3. The summed E-state index contributed by atoms with van der Waals surface area (Å²) in [7, 11) is 1.66. The quantitative estimate of drug-likeness (QED) is 0.705. The van der Waals surface area contributed by atoms with E-state index in [1.165, 1.54) is 0 Å². The summed E-state index contributed by atoms with van der Waals surface area (Å²) in [5.41, 5.74) is 0. The van der Waals surface area contributed by atoms with Gasteiger partial charge in [0.05, 0.1) is 0 Å². The summed E-state index contributed by atoms with van der Waals surface area (Å²) < 4.78 is 0. The van der Waals surface area contributed by atoms with Gasteiger partial charge in [-0.25, -0.2) is 0 Å². The normalized spacial score (nSPS) is 26.9. The van der Waals surface area contributed by atoms with Crippen LogP contribution in [0.1, 0.15) is 19.8 Å². The van der Waals surface area contributed by atoms with Crippen LogP contribution in [0.25, 0.3) is 0 Å². The third-order valence-corrected chi connectivity index (χ3v) is 3.21. The highest BCUT2D eigenvalue weighted by atomic mass is 16.4. The van der Waals surface area contributed by atoms with Gasteiger partial charge in [0.15, 0.2) is 0 Å². The summed E-state index contributed by atoms with van der Waals surface area (Å²) in [4.78, 5) is 25.8. The smallest absolute Gasteiger partial charge is 0.323 e. The third-order valence-electron chi connectivity index (χ3n) is 3.21. The Bertz CT molecular complexity index is 293. The van der Waals surface area contributed by atoms with Gasteiger partial charge in [-0.1, -0.05) is 13.3 Å².